The highest BCUT2D eigenvalue weighted by molar-refractivity contribution is 8.03. The Bertz CT molecular complexity index is 1020. The molecule has 0 unspecified atom stereocenters. The average molecular weight is 438 g/mol. The smallest absolute Gasteiger partial charge is 0.254 e. The minimum absolute atomic E-state index is 0.249. The highest BCUT2D eigenvalue weighted by atomic mass is 35.5. The third-order valence-corrected chi connectivity index (χ3v) is 6.33. The van der Waals surface area contributed by atoms with E-state index in [1.807, 2.05) is 55.5 Å². The van der Waals surface area contributed by atoms with Gasteiger partial charge in [-0.15, -0.1) is 11.8 Å². The molecule has 2 N–H and O–H groups in total. The van der Waals surface area contributed by atoms with Crippen LogP contribution in [0.4, 0.5) is 5.69 Å². The predicted octanol–water partition coefficient (Wildman–Crippen LogP) is 6.21. The van der Waals surface area contributed by atoms with Crippen molar-refractivity contribution in [2.45, 2.75) is 32.6 Å². The standard InChI is InChI=1S/C24H24ClN3OS/c1-3-4-14-30-24-19(15-26)22(18-12-8-9-13-20(18)25)21(16(2)27-24)23(29)28-17-10-6-5-7-11-17/h5-13,22,27H,3-4,14H2,1-2H3,(H,28,29)/t22-/m0/s1. The Morgan fingerprint density at radius 2 is 1.90 bits per heavy atom. The first-order valence-electron chi connectivity index (χ1n) is 9.92. The first-order chi connectivity index (χ1) is 14.6. The number of halogens is 1. The number of nitriles is 1. The maximum absolute atomic E-state index is 13.3. The number of carbonyl (C=O) groups excluding carboxylic acids is 1. The van der Waals surface area contributed by atoms with Gasteiger partial charge in [-0.25, -0.2) is 0 Å². The molecule has 0 fully saturated rings. The summed E-state index contributed by atoms with van der Waals surface area (Å²) in [6.45, 7) is 4.01. The number of amides is 1. The Morgan fingerprint density at radius 1 is 1.20 bits per heavy atom. The number of allylic oxidation sites excluding steroid dienone is 2. The normalized spacial score (nSPS) is 16.1. The van der Waals surface area contributed by atoms with Crippen molar-refractivity contribution in [1.82, 2.24) is 5.32 Å². The molecule has 2 aromatic rings. The Balaban J connectivity index is 2.06. The van der Waals surface area contributed by atoms with Gasteiger partial charge in [-0.2, -0.15) is 5.26 Å². The molecule has 3 rings (SSSR count). The molecule has 1 aliphatic heterocycles. The van der Waals surface area contributed by atoms with Gasteiger partial charge >= 0.3 is 0 Å². The summed E-state index contributed by atoms with van der Waals surface area (Å²) in [4.78, 5) is 13.3. The van der Waals surface area contributed by atoms with Crippen LogP contribution in [0.15, 0.2) is 76.5 Å². The largest absolute Gasteiger partial charge is 0.353 e. The van der Waals surface area contributed by atoms with Crippen molar-refractivity contribution in [2.75, 3.05) is 11.1 Å². The number of carbonyl (C=O) groups is 1. The predicted molar refractivity (Wildman–Crippen MR) is 125 cm³/mol. The molecule has 1 amide bonds. The van der Waals surface area contributed by atoms with Crippen molar-refractivity contribution in [2.24, 2.45) is 0 Å². The van der Waals surface area contributed by atoms with Crippen molar-refractivity contribution in [3.8, 4) is 6.07 Å². The van der Waals surface area contributed by atoms with E-state index in [2.05, 4.69) is 23.6 Å². The van der Waals surface area contributed by atoms with Gasteiger partial charge in [-0.05, 0) is 42.9 Å². The van der Waals surface area contributed by atoms with Crippen LogP contribution in [0.3, 0.4) is 0 Å². The van der Waals surface area contributed by atoms with E-state index < -0.39 is 5.92 Å². The average Bonchev–Trinajstić information content (AvgIpc) is 2.74. The van der Waals surface area contributed by atoms with Crippen LogP contribution in [0, 0.1) is 11.3 Å². The van der Waals surface area contributed by atoms with Gasteiger partial charge in [0.1, 0.15) is 0 Å². The van der Waals surface area contributed by atoms with Gasteiger partial charge in [0.15, 0.2) is 0 Å². The van der Waals surface area contributed by atoms with Crippen LogP contribution in [-0.2, 0) is 4.79 Å². The summed E-state index contributed by atoms with van der Waals surface area (Å²) in [5.74, 6) is 0.122. The van der Waals surface area contributed by atoms with Gasteiger partial charge in [0, 0.05) is 22.0 Å². The highest BCUT2D eigenvalue weighted by Crippen LogP contribution is 2.43. The lowest BCUT2D eigenvalue weighted by molar-refractivity contribution is -0.113. The van der Waals surface area contributed by atoms with Crippen molar-refractivity contribution < 1.29 is 4.79 Å². The zero-order valence-corrected chi connectivity index (χ0v) is 18.6. The molecule has 0 saturated carbocycles. The molecular formula is C24H24ClN3OS. The summed E-state index contributed by atoms with van der Waals surface area (Å²) in [5.41, 5.74) is 3.21. The fourth-order valence-electron chi connectivity index (χ4n) is 3.39. The number of hydrogen-bond donors (Lipinski definition) is 2. The summed E-state index contributed by atoms with van der Waals surface area (Å²) in [7, 11) is 0. The fourth-order valence-corrected chi connectivity index (χ4v) is 4.81. The summed E-state index contributed by atoms with van der Waals surface area (Å²) >= 11 is 8.14. The summed E-state index contributed by atoms with van der Waals surface area (Å²) in [6.07, 6.45) is 2.13. The Morgan fingerprint density at radius 3 is 2.57 bits per heavy atom. The van der Waals surface area contributed by atoms with Crippen LogP contribution in [0.25, 0.3) is 0 Å². The van der Waals surface area contributed by atoms with Gasteiger partial charge in [0.05, 0.1) is 22.6 Å². The van der Waals surface area contributed by atoms with Crippen molar-refractivity contribution in [1.29, 1.82) is 5.26 Å². The van der Waals surface area contributed by atoms with Gasteiger partial charge in [0.2, 0.25) is 0 Å². The number of nitrogens with one attached hydrogen (secondary N) is 2. The minimum atomic E-state index is -0.530. The number of rotatable bonds is 7. The molecule has 0 aromatic heterocycles. The SMILES string of the molecule is CCCCSC1=C(C#N)[C@H](c2ccccc2Cl)C(C(=O)Nc2ccccc2)=C(C)N1. The molecule has 1 atom stereocenters. The zero-order valence-electron chi connectivity index (χ0n) is 17.0. The van der Waals surface area contributed by atoms with E-state index in [9.17, 15) is 10.1 Å². The van der Waals surface area contributed by atoms with E-state index in [1.165, 1.54) is 0 Å². The number of nitrogens with zero attached hydrogens (tertiary/aromatic N) is 1. The molecule has 0 saturated heterocycles. The van der Waals surface area contributed by atoms with Crippen LogP contribution in [-0.4, -0.2) is 11.7 Å². The molecule has 1 heterocycles. The van der Waals surface area contributed by atoms with Gasteiger partial charge in [-0.1, -0.05) is 61.3 Å². The second-order valence-corrected chi connectivity index (χ2v) is 8.51. The number of unbranched alkanes of at least 4 members (excludes halogenated alkanes) is 1. The second kappa shape index (κ2) is 10.4. The number of benzene rings is 2. The van der Waals surface area contributed by atoms with E-state index >= 15 is 0 Å². The topological polar surface area (TPSA) is 64.9 Å². The number of dihydropyridines is 1. The van der Waals surface area contributed by atoms with Gasteiger partial charge in [-0.3, -0.25) is 4.79 Å². The lowest BCUT2D eigenvalue weighted by Crippen LogP contribution is -2.30. The number of thioether (sulfide) groups is 1. The van der Waals surface area contributed by atoms with E-state index in [0.29, 0.717) is 21.9 Å². The van der Waals surface area contributed by atoms with Crippen LogP contribution < -0.4 is 10.6 Å². The van der Waals surface area contributed by atoms with Crippen LogP contribution in [0.1, 0.15) is 38.2 Å². The maximum atomic E-state index is 13.3. The summed E-state index contributed by atoms with van der Waals surface area (Å²) in [6, 6.07) is 19.0. The summed E-state index contributed by atoms with van der Waals surface area (Å²) in [5, 5.41) is 17.7. The Hall–Kier alpha value is -2.68. The zero-order chi connectivity index (χ0) is 21.5. The minimum Gasteiger partial charge on any atom is -0.353 e. The number of para-hydroxylation sites is 1. The lowest BCUT2D eigenvalue weighted by Gasteiger charge is -2.30. The first-order valence-corrected chi connectivity index (χ1v) is 11.3. The Labute approximate surface area is 187 Å². The first kappa shape index (κ1) is 22.0. The second-order valence-electron chi connectivity index (χ2n) is 6.99. The molecule has 0 radical (unpaired) electrons. The molecule has 30 heavy (non-hydrogen) atoms. The van der Waals surface area contributed by atoms with Crippen LogP contribution in [0.5, 0.6) is 0 Å². The van der Waals surface area contributed by atoms with E-state index in [0.717, 1.165) is 34.9 Å². The lowest BCUT2D eigenvalue weighted by atomic mass is 9.82. The number of hydrogen-bond acceptors (Lipinski definition) is 4. The molecule has 0 aliphatic carbocycles. The van der Waals surface area contributed by atoms with Gasteiger partial charge in [0.25, 0.3) is 5.91 Å². The molecule has 4 nitrogen and oxygen atoms in total. The van der Waals surface area contributed by atoms with Crippen LogP contribution in [0.2, 0.25) is 5.02 Å². The third kappa shape index (κ3) is 4.89. The monoisotopic (exact) mass is 437 g/mol. The fraction of sp³-hybridized carbons (Fsp3) is 0.250. The Kier molecular flexibility index (Phi) is 7.62. The molecule has 0 bridgehead atoms. The molecule has 2 aromatic carbocycles. The van der Waals surface area contributed by atoms with Crippen LogP contribution >= 0.6 is 23.4 Å². The molecule has 0 spiro atoms. The van der Waals surface area contributed by atoms with Crippen molar-refractivity contribution >= 4 is 35.0 Å². The van der Waals surface area contributed by atoms with E-state index in [1.54, 1.807) is 17.8 Å². The van der Waals surface area contributed by atoms with E-state index in [4.69, 9.17) is 11.6 Å². The number of anilines is 1. The molecule has 154 valence electrons. The molecule has 6 heteroatoms. The molecule has 1 aliphatic rings. The quantitative estimate of drug-likeness (QED) is 0.505. The van der Waals surface area contributed by atoms with E-state index in [-0.39, 0.29) is 5.91 Å². The van der Waals surface area contributed by atoms with Crippen molar-refractivity contribution in [3.63, 3.8) is 0 Å². The molecular weight excluding hydrogens is 414 g/mol. The third-order valence-electron chi connectivity index (χ3n) is 4.88. The van der Waals surface area contributed by atoms with Crippen molar-refractivity contribution in [3.05, 3.63) is 87.1 Å². The summed E-state index contributed by atoms with van der Waals surface area (Å²) < 4.78 is 0. The highest BCUT2D eigenvalue weighted by Gasteiger charge is 2.35. The maximum Gasteiger partial charge on any atom is 0.254 e. The van der Waals surface area contributed by atoms with Gasteiger partial charge < -0.3 is 10.6 Å².